The van der Waals surface area contributed by atoms with Crippen molar-refractivity contribution in [2.24, 2.45) is 5.92 Å². The lowest BCUT2D eigenvalue weighted by molar-refractivity contribution is 0.142. The Hall–Kier alpha value is -0.870. The van der Waals surface area contributed by atoms with Crippen molar-refractivity contribution in [1.29, 1.82) is 0 Å². The highest BCUT2D eigenvalue weighted by Gasteiger charge is 2.21. The second-order valence-electron chi connectivity index (χ2n) is 5.79. The van der Waals surface area contributed by atoms with Gasteiger partial charge in [0.2, 0.25) is 0 Å². The largest absolute Gasteiger partial charge is 0.385 e. The Balaban J connectivity index is 1.84. The van der Waals surface area contributed by atoms with E-state index in [9.17, 15) is 0 Å². The van der Waals surface area contributed by atoms with Gasteiger partial charge in [-0.1, -0.05) is 0 Å². The zero-order chi connectivity index (χ0) is 13.7. The molecule has 0 radical (unpaired) electrons. The quantitative estimate of drug-likeness (QED) is 0.804. The number of aryl methyl sites for hydroxylation is 2. The van der Waals surface area contributed by atoms with E-state index in [2.05, 4.69) is 28.9 Å². The minimum atomic E-state index is 0.844. The van der Waals surface area contributed by atoms with Crippen LogP contribution in [0.1, 0.15) is 42.6 Å². The van der Waals surface area contributed by atoms with E-state index < -0.39 is 0 Å². The molecule has 0 amide bonds. The highest BCUT2D eigenvalue weighted by atomic mass is 16.5. The first-order valence-electron chi connectivity index (χ1n) is 7.42. The summed E-state index contributed by atoms with van der Waals surface area (Å²) in [7, 11) is 1.79. The zero-order valence-corrected chi connectivity index (χ0v) is 12.5. The average Bonchev–Trinajstić information content (AvgIpc) is 2.72. The van der Waals surface area contributed by atoms with Crippen LogP contribution in [0.15, 0.2) is 0 Å². The molecule has 19 heavy (non-hydrogen) atoms. The van der Waals surface area contributed by atoms with Crippen LogP contribution < -0.4 is 0 Å². The Labute approximate surface area is 116 Å². The number of hydrogen-bond donors (Lipinski definition) is 1. The first-order chi connectivity index (χ1) is 9.20. The number of aromatic nitrogens is 2. The number of aromatic amines is 1. The molecule has 0 aliphatic carbocycles. The second-order valence-corrected chi connectivity index (χ2v) is 5.79. The maximum Gasteiger partial charge on any atom is 0.0639 e. The number of rotatable bonds is 6. The highest BCUT2D eigenvalue weighted by molar-refractivity contribution is 5.22. The predicted octanol–water partition coefficient (Wildman–Crippen LogP) is 2.67. The van der Waals surface area contributed by atoms with Crippen LogP contribution >= 0.6 is 0 Å². The van der Waals surface area contributed by atoms with Gasteiger partial charge in [0.15, 0.2) is 0 Å². The van der Waals surface area contributed by atoms with E-state index in [0.717, 1.165) is 24.8 Å². The molecule has 1 aliphatic rings. The molecule has 0 aromatic carbocycles. The van der Waals surface area contributed by atoms with Crippen molar-refractivity contribution < 1.29 is 4.74 Å². The minimum Gasteiger partial charge on any atom is -0.385 e. The van der Waals surface area contributed by atoms with Crippen LogP contribution in [0.4, 0.5) is 0 Å². The summed E-state index contributed by atoms with van der Waals surface area (Å²) in [6.45, 7) is 8.62. The standard InChI is InChI=1S/C15H27N3O/c1-12-15(13(2)17-16-12)11-18-8-4-6-14(10-18)7-5-9-19-3/h14H,4-11H2,1-3H3,(H,16,17)/t14-/m0/s1. The number of hydrogen-bond acceptors (Lipinski definition) is 3. The van der Waals surface area contributed by atoms with Gasteiger partial charge in [-0.05, 0) is 52.0 Å². The molecule has 1 aromatic rings. The maximum atomic E-state index is 5.15. The van der Waals surface area contributed by atoms with Gasteiger partial charge in [0.25, 0.3) is 0 Å². The van der Waals surface area contributed by atoms with E-state index in [1.54, 1.807) is 7.11 Å². The monoisotopic (exact) mass is 265 g/mol. The summed E-state index contributed by atoms with van der Waals surface area (Å²) < 4.78 is 5.15. The molecule has 1 N–H and O–H groups in total. The van der Waals surface area contributed by atoms with Gasteiger partial charge in [-0.2, -0.15) is 5.10 Å². The minimum absolute atomic E-state index is 0.844. The molecular formula is C15H27N3O. The number of nitrogens with zero attached hydrogens (tertiary/aromatic N) is 2. The third kappa shape index (κ3) is 4.05. The van der Waals surface area contributed by atoms with Crippen LogP contribution in [0, 0.1) is 19.8 Å². The van der Waals surface area contributed by atoms with Gasteiger partial charge in [-0.3, -0.25) is 10.00 Å². The van der Waals surface area contributed by atoms with E-state index >= 15 is 0 Å². The van der Waals surface area contributed by atoms with Gasteiger partial charge in [0.05, 0.1) is 5.69 Å². The molecule has 0 bridgehead atoms. The molecule has 1 aromatic heterocycles. The van der Waals surface area contributed by atoms with Gasteiger partial charge < -0.3 is 4.74 Å². The maximum absolute atomic E-state index is 5.15. The molecule has 1 fully saturated rings. The summed E-state index contributed by atoms with van der Waals surface area (Å²) in [6.07, 6.45) is 5.20. The van der Waals surface area contributed by atoms with Crippen LogP contribution in [0.2, 0.25) is 0 Å². The summed E-state index contributed by atoms with van der Waals surface area (Å²) >= 11 is 0. The number of likely N-dealkylation sites (tertiary alicyclic amines) is 1. The van der Waals surface area contributed by atoms with Crippen LogP contribution in [-0.4, -0.2) is 41.9 Å². The van der Waals surface area contributed by atoms with Crippen LogP contribution in [0.25, 0.3) is 0 Å². The first-order valence-corrected chi connectivity index (χ1v) is 7.42. The third-order valence-corrected chi connectivity index (χ3v) is 4.23. The van der Waals surface area contributed by atoms with Crippen molar-refractivity contribution in [2.45, 2.75) is 46.1 Å². The molecule has 1 saturated heterocycles. The summed E-state index contributed by atoms with van der Waals surface area (Å²) in [6, 6.07) is 0. The Morgan fingerprint density at radius 3 is 2.95 bits per heavy atom. The molecule has 4 heteroatoms. The molecule has 4 nitrogen and oxygen atoms in total. The van der Waals surface area contributed by atoms with Crippen LogP contribution in [-0.2, 0) is 11.3 Å². The lowest BCUT2D eigenvalue weighted by Gasteiger charge is -2.32. The van der Waals surface area contributed by atoms with Gasteiger partial charge in [-0.25, -0.2) is 0 Å². The fourth-order valence-electron chi connectivity index (χ4n) is 3.08. The van der Waals surface area contributed by atoms with E-state index in [1.807, 2.05) is 0 Å². The lowest BCUT2D eigenvalue weighted by atomic mass is 9.93. The van der Waals surface area contributed by atoms with Crippen molar-refractivity contribution in [3.8, 4) is 0 Å². The molecule has 0 spiro atoms. The summed E-state index contributed by atoms with van der Waals surface area (Å²) in [5.41, 5.74) is 3.76. The summed E-state index contributed by atoms with van der Waals surface area (Å²) in [5, 5.41) is 7.38. The van der Waals surface area contributed by atoms with E-state index in [4.69, 9.17) is 4.74 Å². The summed E-state index contributed by atoms with van der Waals surface area (Å²) in [5.74, 6) is 0.844. The number of methoxy groups -OCH3 is 1. The van der Waals surface area contributed by atoms with Crippen LogP contribution in [0.3, 0.4) is 0 Å². The van der Waals surface area contributed by atoms with Crippen molar-refractivity contribution in [2.75, 3.05) is 26.8 Å². The number of nitrogens with one attached hydrogen (secondary N) is 1. The fraction of sp³-hybridized carbons (Fsp3) is 0.800. The van der Waals surface area contributed by atoms with E-state index in [-0.39, 0.29) is 0 Å². The van der Waals surface area contributed by atoms with Crippen molar-refractivity contribution in [1.82, 2.24) is 15.1 Å². The lowest BCUT2D eigenvalue weighted by Crippen LogP contribution is -2.35. The average molecular weight is 265 g/mol. The molecule has 0 unspecified atom stereocenters. The third-order valence-electron chi connectivity index (χ3n) is 4.23. The second kappa shape index (κ2) is 7.06. The highest BCUT2D eigenvalue weighted by Crippen LogP contribution is 2.23. The van der Waals surface area contributed by atoms with E-state index in [0.29, 0.717) is 0 Å². The Kier molecular flexibility index (Phi) is 5.40. The molecule has 108 valence electrons. The Morgan fingerprint density at radius 1 is 1.42 bits per heavy atom. The van der Waals surface area contributed by atoms with Gasteiger partial charge in [-0.15, -0.1) is 0 Å². The van der Waals surface area contributed by atoms with Crippen molar-refractivity contribution in [3.05, 3.63) is 17.0 Å². The number of H-pyrrole nitrogens is 1. The molecule has 2 heterocycles. The topological polar surface area (TPSA) is 41.1 Å². The SMILES string of the molecule is COCCC[C@@H]1CCCN(Cc2c(C)n[nH]c2C)C1. The predicted molar refractivity (Wildman–Crippen MR) is 77.2 cm³/mol. The number of piperidine rings is 1. The van der Waals surface area contributed by atoms with Gasteiger partial charge in [0, 0.05) is 38.1 Å². The van der Waals surface area contributed by atoms with Crippen LogP contribution in [0.5, 0.6) is 0 Å². The smallest absolute Gasteiger partial charge is 0.0639 e. The molecule has 2 rings (SSSR count). The van der Waals surface area contributed by atoms with Crippen molar-refractivity contribution >= 4 is 0 Å². The normalized spacial score (nSPS) is 20.9. The Morgan fingerprint density at radius 2 is 2.26 bits per heavy atom. The molecular weight excluding hydrogens is 238 g/mol. The zero-order valence-electron chi connectivity index (χ0n) is 12.5. The fourth-order valence-corrected chi connectivity index (χ4v) is 3.08. The van der Waals surface area contributed by atoms with Gasteiger partial charge >= 0.3 is 0 Å². The molecule has 1 atom stereocenters. The van der Waals surface area contributed by atoms with Crippen molar-refractivity contribution in [3.63, 3.8) is 0 Å². The molecule has 0 saturated carbocycles. The molecule has 1 aliphatic heterocycles. The number of ether oxygens (including phenoxy) is 1. The Bertz CT molecular complexity index is 369. The van der Waals surface area contributed by atoms with E-state index in [1.165, 1.54) is 50.0 Å². The first kappa shape index (κ1) is 14.5. The summed E-state index contributed by atoms with van der Waals surface area (Å²) in [4.78, 5) is 2.59. The van der Waals surface area contributed by atoms with Gasteiger partial charge in [0.1, 0.15) is 0 Å².